The summed E-state index contributed by atoms with van der Waals surface area (Å²) in [4.78, 5) is 16.7. The molecular formula is C23H17FN2OS. The number of halogens is 1. The second kappa shape index (κ2) is 7.74. The number of nitrogens with zero attached hydrogens (tertiary/aromatic N) is 1. The molecule has 0 bridgehead atoms. The van der Waals surface area contributed by atoms with Crippen LogP contribution in [0.4, 0.5) is 10.1 Å². The maximum absolute atomic E-state index is 13.2. The van der Waals surface area contributed by atoms with Gasteiger partial charge in [0.1, 0.15) is 10.8 Å². The number of benzene rings is 3. The summed E-state index contributed by atoms with van der Waals surface area (Å²) in [6.45, 7) is 2.07. The molecule has 138 valence electrons. The van der Waals surface area contributed by atoms with Crippen LogP contribution in [0.2, 0.25) is 0 Å². The molecule has 0 aliphatic carbocycles. The molecule has 1 N–H and O–H groups in total. The number of aryl methyl sites for hydroxylation is 1. The van der Waals surface area contributed by atoms with Crippen molar-refractivity contribution in [3.8, 4) is 10.6 Å². The molecule has 5 heteroatoms. The fourth-order valence-electron chi connectivity index (χ4n) is 2.82. The molecule has 1 aromatic heterocycles. The summed E-state index contributed by atoms with van der Waals surface area (Å²) in [5.74, 6) is -0.601. The fraction of sp³-hybridized carbons (Fsp3) is 0.0435. The van der Waals surface area contributed by atoms with Gasteiger partial charge < -0.3 is 5.32 Å². The van der Waals surface area contributed by atoms with Crippen LogP contribution in [0.25, 0.3) is 26.9 Å². The van der Waals surface area contributed by atoms with Crippen molar-refractivity contribution in [3.05, 3.63) is 89.8 Å². The fourth-order valence-corrected chi connectivity index (χ4v) is 3.89. The topological polar surface area (TPSA) is 42.0 Å². The summed E-state index contributed by atoms with van der Waals surface area (Å²) in [6.07, 6.45) is 2.97. The Bertz CT molecular complexity index is 1180. The van der Waals surface area contributed by atoms with Crippen molar-refractivity contribution in [2.45, 2.75) is 6.92 Å². The predicted molar refractivity (Wildman–Crippen MR) is 114 cm³/mol. The molecule has 0 spiro atoms. The van der Waals surface area contributed by atoms with Crippen molar-refractivity contribution in [1.29, 1.82) is 0 Å². The second-order valence-corrected chi connectivity index (χ2v) is 7.48. The highest BCUT2D eigenvalue weighted by molar-refractivity contribution is 7.21. The third-order valence-corrected chi connectivity index (χ3v) is 5.29. The molecule has 1 heterocycles. The highest BCUT2D eigenvalue weighted by atomic mass is 32.1. The van der Waals surface area contributed by atoms with Gasteiger partial charge in [0, 0.05) is 17.3 Å². The van der Waals surface area contributed by atoms with Crippen LogP contribution in [-0.4, -0.2) is 10.9 Å². The summed E-state index contributed by atoms with van der Waals surface area (Å²) >= 11 is 1.65. The Labute approximate surface area is 166 Å². The zero-order valence-electron chi connectivity index (χ0n) is 15.1. The van der Waals surface area contributed by atoms with Gasteiger partial charge in [-0.1, -0.05) is 18.2 Å². The molecule has 3 nitrogen and oxygen atoms in total. The van der Waals surface area contributed by atoms with Gasteiger partial charge in [-0.2, -0.15) is 0 Å². The highest BCUT2D eigenvalue weighted by Gasteiger charge is 2.07. The van der Waals surface area contributed by atoms with Crippen LogP contribution in [-0.2, 0) is 4.79 Å². The molecule has 1 amide bonds. The number of rotatable bonds is 4. The first kappa shape index (κ1) is 18.1. The number of carbonyl (C=O) groups is 1. The monoisotopic (exact) mass is 388 g/mol. The van der Waals surface area contributed by atoms with Crippen molar-refractivity contribution >= 4 is 39.2 Å². The standard InChI is InChI=1S/C23H17FN2OS/c1-15-5-11-20-21(13-15)28-23(26-20)17-7-9-19(10-8-17)25-22(27)12-6-16-3-2-4-18(24)14-16/h2-14H,1H3,(H,25,27)/b12-6+. The Morgan fingerprint density at radius 1 is 1.07 bits per heavy atom. The number of carbonyl (C=O) groups excluding carboxylic acids is 1. The van der Waals surface area contributed by atoms with Gasteiger partial charge in [0.15, 0.2) is 0 Å². The van der Waals surface area contributed by atoms with E-state index < -0.39 is 0 Å². The van der Waals surface area contributed by atoms with Gasteiger partial charge in [0.2, 0.25) is 5.91 Å². The van der Waals surface area contributed by atoms with Gasteiger partial charge in [-0.15, -0.1) is 11.3 Å². The van der Waals surface area contributed by atoms with Crippen molar-refractivity contribution in [1.82, 2.24) is 4.98 Å². The van der Waals surface area contributed by atoms with E-state index in [2.05, 4.69) is 29.4 Å². The number of aromatic nitrogens is 1. The van der Waals surface area contributed by atoms with Crippen LogP contribution in [0.15, 0.2) is 72.8 Å². The van der Waals surface area contributed by atoms with E-state index >= 15 is 0 Å². The van der Waals surface area contributed by atoms with E-state index in [1.165, 1.54) is 23.8 Å². The zero-order valence-corrected chi connectivity index (χ0v) is 16.0. The van der Waals surface area contributed by atoms with Gasteiger partial charge >= 0.3 is 0 Å². The Morgan fingerprint density at radius 2 is 1.89 bits per heavy atom. The molecule has 0 atom stereocenters. The van der Waals surface area contributed by atoms with Crippen molar-refractivity contribution in [3.63, 3.8) is 0 Å². The average molecular weight is 388 g/mol. The zero-order chi connectivity index (χ0) is 19.5. The first-order valence-electron chi connectivity index (χ1n) is 8.79. The number of fused-ring (bicyclic) bond motifs is 1. The molecule has 0 aliphatic rings. The van der Waals surface area contributed by atoms with E-state index in [0.717, 1.165) is 20.8 Å². The molecule has 0 unspecified atom stereocenters. The third kappa shape index (κ3) is 4.15. The van der Waals surface area contributed by atoms with E-state index in [9.17, 15) is 9.18 Å². The minimum atomic E-state index is -0.330. The maximum Gasteiger partial charge on any atom is 0.248 e. The van der Waals surface area contributed by atoms with Gasteiger partial charge in [0.25, 0.3) is 0 Å². The van der Waals surface area contributed by atoms with Gasteiger partial charge in [-0.25, -0.2) is 9.37 Å². The van der Waals surface area contributed by atoms with E-state index in [4.69, 9.17) is 0 Å². The molecule has 0 saturated heterocycles. The number of hydrogen-bond donors (Lipinski definition) is 1. The predicted octanol–water partition coefficient (Wildman–Crippen LogP) is 6.06. The maximum atomic E-state index is 13.2. The molecule has 0 fully saturated rings. The molecule has 0 radical (unpaired) electrons. The summed E-state index contributed by atoms with van der Waals surface area (Å²) in [5, 5.41) is 3.75. The van der Waals surface area contributed by atoms with Crippen molar-refractivity contribution < 1.29 is 9.18 Å². The summed E-state index contributed by atoms with van der Waals surface area (Å²) in [5.41, 5.74) is 4.54. The molecule has 3 aromatic carbocycles. The first-order valence-corrected chi connectivity index (χ1v) is 9.61. The largest absolute Gasteiger partial charge is 0.323 e. The molecule has 28 heavy (non-hydrogen) atoms. The van der Waals surface area contributed by atoms with Crippen LogP contribution in [0.5, 0.6) is 0 Å². The Balaban J connectivity index is 1.46. The lowest BCUT2D eigenvalue weighted by Gasteiger charge is -2.03. The number of anilines is 1. The molecular weight excluding hydrogens is 371 g/mol. The summed E-state index contributed by atoms with van der Waals surface area (Å²) < 4.78 is 14.3. The minimum absolute atomic E-state index is 0.271. The molecule has 4 aromatic rings. The number of thiazole rings is 1. The van der Waals surface area contributed by atoms with Crippen molar-refractivity contribution in [2.75, 3.05) is 5.32 Å². The summed E-state index contributed by atoms with van der Waals surface area (Å²) in [7, 11) is 0. The first-order chi connectivity index (χ1) is 13.6. The quantitative estimate of drug-likeness (QED) is 0.432. The lowest BCUT2D eigenvalue weighted by atomic mass is 10.2. The third-order valence-electron chi connectivity index (χ3n) is 4.22. The van der Waals surface area contributed by atoms with E-state index in [1.54, 1.807) is 29.5 Å². The van der Waals surface area contributed by atoms with E-state index in [-0.39, 0.29) is 11.7 Å². The summed E-state index contributed by atoms with van der Waals surface area (Å²) in [6, 6.07) is 19.9. The number of hydrogen-bond acceptors (Lipinski definition) is 3. The minimum Gasteiger partial charge on any atom is -0.323 e. The van der Waals surface area contributed by atoms with Gasteiger partial charge in [0.05, 0.1) is 10.2 Å². The van der Waals surface area contributed by atoms with Crippen molar-refractivity contribution in [2.24, 2.45) is 0 Å². The van der Waals surface area contributed by atoms with Crippen LogP contribution < -0.4 is 5.32 Å². The molecule has 4 rings (SSSR count). The second-order valence-electron chi connectivity index (χ2n) is 6.45. The Morgan fingerprint density at radius 3 is 2.68 bits per heavy atom. The highest BCUT2D eigenvalue weighted by Crippen LogP contribution is 2.31. The van der Waals surface area contributed by atoms with Gasteiger partial charge in [-0.05, 0) is 72.7 Å². The Kier molecular flexibility index (Phi) is 5.00. The Hall–Kier alpha value is -3.31. The molecule has 0 saturated carbocycles. The normalized spacial score (nSPS) is 11.2. The van der Waals surface area contributed by atoms with E-state index in [1.807, 2.05) is 30.3 Å². The van der Waals surface area contributed by atoms with Crippen LogP contribution in [0.3, 0.4) is 0 Å². The lowest BCUT2D eigenvalue weighted by Crippen LogP contribution is -2.07. The van der Waals surface area contributed by atoms with E-state index in [0.29, 0.717) is 11.3 Å². The lowest BCUT2D eigenvalue weighted by molar-refractivity contribution is -0.111. The number of nitrogens with one attached hydrogen (secondary N) is 1. The number of amides is 1. The average Bonchev–Trinajstić information content (AvgIpc) is 3.10. The van der Waals surface area contributed by atoms with Crippen LogP contribution >= 0.6 is 11.3 Å². The SMILES string of the molecule is Cc1ccc2nc(-c3ccc(NC(=O)/C=C/c4cccc(F)c4)cc3)sc2c1. The smallest absolute Gasteiger partial charge is 0.248 e. The van der Waals surface area contributed by atoms with Gasteiger partial charge in [-0.3, -0.25) is 4.79 Å². The van der Waals surface area contributed by atoms with Crippen LogP contribution in [0.1, 0.15) is 11.1 Å². The molecule has 0 aliphatic heterocycles. The van der Waals surface area contributed by atoms with Crippen LogP contribution in [0, 0.1) is 12.7 Å².